The molecule has 0 saturated carbocycles. The number of nitrogens with one attached hydrogen (secondary N) is 1. The summed E-state index contributed by atoms with van der Waals surface area (Å²) in [6.45, 7) is 1.21. The van der Waals surface area contributed by atoms with Crippen LogP contribution in [0.15, 0.2) is 15.9 Å². The summed E-state index contributed by atoms with van der Waals surface area (Å²) >= 11 is 0. The minimum atomic E-state index is -4.09. The van der Waals surface area contributed by atoms with E-state index in [-0.39, 0.29) is 5.56 Å². The second-order valence-corrected chi connectivity index (χ2v) is 4.43. The normalized spacial score (nSPS) is 12.1. The molecule has 0 aliphatic carbocycles. The number of aryl methyl sites for hydroxylation is 1. The highest BCUT2D eigenvalue weighted by atomic mass is 32.2. The van der Waals surface area contributed by atoms with Gasteiger partial charge in [0, 0.05) is 0 Å². The summed E-state index contributed by atoms with van der Waals surface area (Å²) in [5, 5.41) is 4.16. The van der Waals surface area contributed by atoms with Crippen LogP contribution in [0.5, 0.6) is 0 Å². The third-order valence-corrected chi connectivity index (χ3v) is 2.61. The summed E-state index contributed by atoms with van der Waals surface area (Å²) < 4.78 is 46.3. The van der Waals surface area contributed by atoms with E-state index in [9.17, 15) is 22.0 Å². The number of aromatic amines is 1. The minimum absolute atomic E-state index is 0.113. The molecule has 0 aliphatic rings. The Morgan fingerprint density at radius 2 is 2.00 bits per heavy atom. The number of aromatic nitrogens is 1. The lowest BCUT2D eigenvalue weighted by atomic mass is 10.2. The Hall–Kier alpha value is -1.28. The van der Waals surface area contributed by atoms with Crippen LogP contribution in [0.3, 0.4) is 0 Å². The van der Waals surface area contributed by atoms with E-state index in [1.54, 1.807) is 4.98 Å². The van der Waals surface area contributed by atoms with E-state index in [1.807, 2.05) is 0 Å². The number of rotatable bonds is 2. The molecular weight excluding hydrogens is 230 g/mol. The van der Waals surface area contributed by atoms with Crippen molar-refractivity contribution in [2.45, 2.75) is 18.4 Å². The molecule has 0 aliphatic heterocycles. The molecule has 1 aromatic rings. The van der Waals surface area contributed by atoms with Crippen LogP contribution in [0.1, 0.15) is 17.6 Å². The van der Waals surface area contributed by atoms with Gasteiger partial charge in [-0.3, -0.25) is 4.79 Å². The zero-order valence-corrected chi connectivity index (χ0v) is 8.44. The molecule has 0 saturated heterocycles. The fourth-order valence-corrected chi connectivity index (χ4v) is 1.67. The third-order valence-electron chi connectivity index (χ3n) is 1.78. The maximum absolute atomic E-state index is 12.3. The molecule has 0 aromatic carbocycles. The fourth-order valence-electron chi connectivity index (χ4n) is 1.09. The van der Waals surface area contributed by atoms with Gasteiger partial charge in [0.2, 0.25) is 0 Å². The molecular formula is C7H8F2N2O3S. The van der Waals surface area contributed by atoms with Crippen LogP contribution in [0.4, 0.5) is 8.78 Å². The molecule has 1 aromatic heterocycles. The first kappa shape index (κ1) is 11.8. The summed E-state index contributed by atoms with van der Waals surface area (Å²) in [6.07, 6.45) is -2.96. The summed E-state index contributed by atoms with van der Waals surface area (Å²) in [5.74, 6) is 0. The lowest BCUT2D eigenvalue weighted by molar-refractivity contribution is 0.148. The van der Waals surface area contributed by atoms with Gasteiger partial charge in [-0.2, -0.15) is 0 Å². The SMILES string of the molecule is Cc1cc(S(N)(=O)=O)[nH]c(=O)c1C(F)F. The number of primary sulfonamides is 1. The van der Waals surface area contributed by atoms with Gasteiger partial charge in [-0.05, 0) is 18.6 Å². The largest absolute Gasteiger partial charge is 0.311 e. The van der Waals surface area contributed by atoms with Crippen LogP contribution in [0.2, 0.25) is 0 Å². The number of sulfonamides is 1. The Kier molecular flexibility index (Phi) is 2.91. The van der Waals surface area contributed by atoms with E-state index in [0.29, 0.717) is 0 Å². The van der Waals surface area contributed by atoms with Gasteiger partial charge in [0.1, 0.15) is 0 Å². The zero-order valence-electron chi connectivity index (χ0n) is 7.62. The van der Waals surface area contributed by atoms with Gasteiger partial charge in [0.25, 0.3) is 22.0 Å². The number of hydrogen-bond acceptors (Lipinski definition) is 3. The Balaban J connectivity index is 3.53. The van der Waals surface area contributed by atoms with E-state index in [1.165, 1.54) is 6.92 Å². The number of hydrogen-bond donors (Lipinski definition) is 2. The van der Waals surface area contributed by atoms with E-state index >= 15 is 0 Å². The Morgan fingerprint density at radius 3 is 2.33 bits per heavy atom. The summed E-state index contributed by atoms with van der Waals surface area (Å²) in [6, 6.07) is 0.901. The predicted octanol–water partition coefficient (Wildman–Crippen LogP) is 0.268. The number of pyridine rings is 1. The van der Waals surface area contributed by atoms with Crippen molar-refractivity contribution in [3.05, 3.63) is 27.5 Å². The van der Waals surface area contributed by atoms with Crippen LogP contribution in [-0.2, 0) is 10.0 Å². The topological polar surface area (TPSA) is 93.0 Å². The molecule has 0 unspecified atom stereocenters. The van der Waals surface area contributed by atoms with Crippen LogP contribution < -0.4 is 10.7 Å². The zero-order chi connectivity index (χ0) is 11.8. The lowest BCUT2D eigenvalue weighted by Gasteiger charge is -2.05. The van der Waals surface area contributed by atoms with Gasteiger partial charge in [0.05, 0.1) is 5.56 Å². The highest BCUT2D eigenvalue weighted by Gasteiger charge is 2.19. The summed E-state index contributed by atoms with van der Waals surface area (Å²) in [7, 11) is -4.09. The van der Waals surface area contributed by atoms with Crippen LogP contribution in [0.25, 0.3) is 0 Å². The Bertz CT molecular complexity index is 536. The Morgan fingerprint density at radius 1 is 1.47 bits per heavy atom. The predicted molar refractivity (Wildman–Crippen MR) is 48.1 cm³/mol. The molecule has 1 heterocycles. The first-order chi connectivity index (χ1) is 6.73. The molecule has 84 valence electrons. The summed E-state index contributed by atoms with van der Waals surface area (Å²) in [5.41, 5.74) is -2.01. The maximum atomic E-state index is 12.3. The molecule has 8 heteroatoms. The fraction of sp³-hybridized carbons (Fsp3) is 0.286. The van der Waals surface area contributed by atoms with Crippen molar-refractivity contribution in [3.63, 3.8) is 0 Å². The van der Waals surface area contributed by atoms with Crippen molar-refractivity contribution in [3.8, 4) is 0 Å². The second-order valence-electron chi connectivity index (χ2n) is 2.91. The highest BCUT2D eigenvalue weighted by molar-refractivity contribution is 7.89. The van der Waals surface area contributed by atoms with E-state index in [4.69, 9.17) is 5.14 Å². The second kappa shape index (κ2) is 3.70. The maximum Gasteiger partial charge on any atom is 0.269 e. The average molecular weight is 238 g/mol. The first-order valence-corrected chi connectivity index (χ1v) is 5.33. The number of alkyl halides is 2. The van der Waals surface area contributed by atoms with E-state index < -0.39 is 32.6 Å². The van der Waals surface area contributed by atoms with Gasteiger partial charge in [-0.1, -0.05) is 0 Å². The van der Waals surface area contributed by atoms with Crippen molar-refractivity contribution in [1.29, 1.82) is 0 Å². The van der Waals surface area contributed by atoms with Crippen molar-refractivity contribution < 1.29 is 17.2 Å². The third kappa shape index (κ3) is 2.39. The van der Waals surface area contributed by atoms with Crippen molar-refractivity contribution in [2.24, 2.45) is 5.14 Å². The first-order valence-electron chi connectivity index (χ1n) is 3.78. The van der Waals surface area contributed by atoms with Crippen LogP contribution in [0, 0.1) is 6.92 Å². The number of halogens is 2. The molecule has 0 bridgehead atoms. The van der Waals surface area contributed by atoms with Gasteiger partial charge in [-0.25, -0.2) is 22.3 Å². The molecule has 3 N–H and O–H groups in total. The van der Waals surface area contributed by atoms with Gasteiger partial charge < -0.3 is 4.98 Å². The molecule has 5 nitrogen and oxygen atoms in total. The van der Waals surface area contributed by atoms with Gasteiger partial charge in [-0.15, -0.1) is 0 Å². The molecule has 0 spiro atoms. The van der Waals surface area contributed by atoms with Crippen molar-refractivity contribution in [1.82, 2.24) is 4.98 Å². The lowest BCUT2D eigenvalue weighted by Crippen LogP contribution is -2.22. The van der Waals surface area contributed by atoms with Crippen molar-refractivity contribution in [2.75, 3.05) is 0 Å². The summed E-state index contributed by atoms with van der Waals surface area (Å²) in [4.78, 5) is 12.9. The molecule has 0 amide bonds. The van der Waals surface area contributed by atoms with Crippen LogP contribution in [-0.4, -0.2) is 13.4 Å². The average Bonchev–Trinajstić information content (AvgIpc) is 1.99. The highest BCUT2D eigenvalue weighted by Crippen LogP contribution is 2.19. The van der Waals surface area contributed by atoms with Gasteiger partial charge >= 0.3 is 0 Å². The molecule has 15 heavy (non-hydrogen) atoms. The van der Waals surface area contributed by atoms with E-state index in [0.717, 1.165) is 6.07 Å². The quantitative estimate of drug-likeness (QED) is 0.774. The molecule has 0 fully saturated rings. The standard InChI is InChI=1S/C7H8F2N2O3S/c1-3-2-4(15(10,13)14)11-7(12)5(3)6(8)9/h2,6H,1H3,(H,11,12)(H2,10,13,14). The molecule has 0 atom stereocenters. The monoisotopic (exact) mass is 238 g/mol. The van der Waals surface area contributed by atoms with Crippen LogP contribution >= 0.6 is 0 Å². The Labute approximate surface area is 84.0 Å². The molecule has 1 rings (SSSR count). The smallest absolute Gasteiger partial charge is 0.269 e. The van der Waals surface area contributed by atoms with E-state index in [2.05, 4.69) is 0 Å². The number of H-pyrrole nitrogens is 1. The number of nitrogens with two attached hydrogens (primary N) is 1. The molecule has 0 radical (unpaired) electrons. The minimum Gasteiger partial charge on any atom is -0.311 e. The van der Waals surface area contributed by atoms with Crippen molar-refractivity contribution >= 4 is 10.0 Å². The van der Waals surface area contributed by atoms with Gasteiger partial charge in [0.15, 0.2) is 5.03 Å².